The minimum atomic E-state index is -4.56. The zero-order valence-corrected chi connectivity index (χ0v) is 23.8. The maximum absolute atomic E-state index is 14.9. The Kier molecular flexibility index (Phi) is 7.24. The van der Waals surface area contributed by atoms with Crippen LogP contribution in [0.25, 0.3) is 16.6 Å². The highest BCUT2D eigenvalue weighted by Crippen LogP contribution is 2.30. The van der Waals surface area contributed by atoms with Crippen LogP contribution in [-0.2, 0) is 10.0 Å². The van der Waals surface area contributed by atoms with Gasteiger partial charge in [-0.15, -0.1) is 0 Å². The summed E-state index contributed by atoms with van der Waals surface area (Å²) in [6.45, 7) is 1.72. The molecule has 0 saturated heterocycles. The number of halogens is 4. The van der Waals surface area contributed by atoms with Crippen molar-refractivity contribution < 1.29 is 35.5 Å². The maximum Gasteiger partial charge on any atom is 0.262 e. The van der Waals surface area contributed by atoms with E-state index in [1.165, 1.54) is 41.3 Å². The Balaban J connectivity index is 1.26. The van der Waals surface area contributed by atoms with E-state index in [0.717, 1.165) is 12.1 Å². The number of fused-ring (bicyclic) bond motifs is 1. The summed E-state index contributed by atoms with van der Waals surface area (Å²) in [5.41, 5.74) is 6.95. The summed E-state index contributed by atoms with van der Waals surface area (Å²) in [6.07, 6.45) is 2.64. The zero-order valence-electron chi connectivity index (χ0n) is 23.0. The number of aromatic nitrogens is 4. The van der Waals surface area contributed by atoms with E-state index in [4.69, 9.17) is 10.5 Å². The number of anilines is 2. The zero-order chi connectivity index (χ0) is 32.0. The maximum atomic E-state index is 14.9. The highest BCUT2D eigenvalue weighted by atomic mass is 32.2. The van der Waals surface area contributed by atoms with Gasteiger partial charge in [-0.05, 0) is 55.0 Å². The Morgan fingerprint density at radius 3 is 2.40 bits per heavy atom. The van der Waals surface area contributed by atoms with Crippen molar-refractivity contribution in [2.24, 2.45) is 0 Å². The fraction of sp³-hybridized carbons (Fsp3) is 0.0333. The molecule has 0 amide bonds. The van der Waals surface area contributed by atoms with Crippen molar-refractivity contribution in [2.45, 2.75) is 11.8 Å². The average Bonchev–Trinajstić information content (AvgIpc) is 3.56. The number of sulfonamides is 1. The Morgan fingerprint density at radius 2 is 1.69 bits per heavy atom. The van der Waals surface area contributed by atoms with Crippen molar-refractivity contribution in [1.29, 1.82) is 0 Å². The highest BCUT2D eigenvalue weighted by Gasteiger charge is 2.23. The monoisotopic (exact) mass is 636 g/mol. The molecule has 15 heteroatoms. The third-order valence-corrected chi connectivity index (χ3v) is 8.08. The highest BCUT2D eigenvalue weighted by molar-refractivity contribution is 7.92. The standard InChI is InChI=1S/C30H20F4N6O4S/c1-15-6-28(44-27-5-3-2-4-21(27)33)36-14-26(15)40-30(35)20(13-37-40)29(41)25-8-16-7-22(34)24(12-23(16)38-25)39-45(42,43)19-10-17(31)9-18(32)11-19/h2-14,38-39H,35H2,1H3. The lowest BCUT2D eigenvalue weighted by atomic mass is 10.1. The summed E-state index contributed by atoms with van der Waals surface area (Å²) in [5, 5.41) is 4.44. The van der Waals surface area contributed by atoms with Crippen molar-refractivity contribution in [3.8, 4) is 17.3 Å². The first kappa shape index (κ1) is 29.4. The third-order valence-electron chi connectivity index (χ3n) is 6.73. The van der Waals surface area contributed by atoms with Gasteiger partial charge in [-0.1, -0.05) is 12.1 Å². The molecule has 0 atom stereocenters. The molecule has 3 aromatic heterocycles. The van der Waals surface area contributed by atoms with E-state index in [1.54, 1.807) is 19.1 Å². The quantitative estimate of drug-likeness (QED) is 0.137. The van der Waals surface area contributed by atoms with E-state index in [2.05, 4.69) is 15.1 Å². The first-order valence-corrected chi connectivity index (χ1v) is 14.5. The second-order valence-electron chi connectivity index (χ2n) is 9.84. The second kappa shape index (κ2) is 11.1. The molecule has 0 bridgehead atoms. The molecule has 6 aromatic rings. The van der Waals surface area contributed by atoms with Crippen molar-refractivity contribution >= 4 is 38.2 Å². The Labute approximate surface area is 252 Å². The number of nitrogens with two attached hydrogens (primary N) is 1. The van der Waals surface area contributed by atoms with Crippen LogP contribution in [0, 0.1) is 30.2 Å². The first-order chi connectivity index (χ1) is 21.4. The predicted octanol–water partition coefficient (Wildman–Crippen LogP) is 6.02. The van der Waals surface area contributed by atoms with Gasteiger partial charge < -0.3 is 15.5 Å². The van der Waals surface area contributed by atoms with Gasteiger partial charge >= 0.3 is 0 Å². The van der Waals surface area contributed by atoms with Crippen LogP contribution in [0.2, 0.25) is 0 Å². The predicted molar refractivity (Wildman–Crippen MR) is 156 cm³/mol. The number of hydrogen-bond acceptors (Lipinski definition) is 7. The Hall–Kier alpha value is -5.70. The molecule has 228 valence electrons. The number of hydrogen-bond donors (Lipinski definition) is 3. The fourth-order valence-electron chi connectivity index (χ4n) is 4.55. The second-order valence-corrected chi connectivity index (χ2v) is 11.5. The van der Waals surface area contributed by atoms with Crippen LogP contribution in [0.3, 0.4) is 0 Å². The van der Waals surface area contributed by atoms with Crippen molar-refractivity contribution in [1.82, 2.24) is 19.7 Å². The smallest absolute Gasteiger partial charge is 0.262 e. The van der Waals surface area contributed by atoms with Crippen molar-refractivity contribution in [3.63, 3.8) is 0 Å². The number of aryl methyl sites for hydroxylation is 1. The van der Waals surface area contributed by atoms with Gasteiger partial charge in [0.1, 0.15) is 23.3 Å². The summed E-state index contributed by atoms with van der Waals surface area (Å²) in [6, 6.07) is 12.5. The number of ether oxygens (including phenoxy) is 1. The molecule has 0 unspecified atom stereocenters. The van der Waals surface area contributed by atoms with E-state index >= 15 is 0 Å². The molecular weight excluding hydrogens is 616 g/mol. The number of para-hydroxylation sites is 1. The minimum absolute atomic E-state index is 0.00201. The first-order valence-electron chi connectivity index (χ1n) is 13.0. The summed E-state index contributed by atoms with van der Waals surface area (Å²) in [7, 11) is -4.56. The Bertz CT molecular complexity index is 2230. The molecule has 6 rings (SSSR count). The van der Waals surface area contributed by atoms with Crippen LogP contribution in [0.4, 0.5) is 29.1 Å². The number of carbonyl (C=O) groups excluding carboxylic acids is 1. The number of H-pyrrole nitrogens is 1. The molecule has 4 N–H and O–H groups in total. The molecular formula is C30H20F4N6O4S. The third kappa shape index (κ3) is 5.68. The van der Waals surface area contributed by atoms with Gasteiger partial charge in [-0.2, -0.15) is 5.10 Å². The molecule has 0 aliphatic heterocycles. The Morgan fingerprint density at radius 1 is 0.956 bits per heavy atom. The number of carbonyl (C=O) groups is 1. The van der Waals surface area contributed by atoms with Gasteiger partial charge in [0.25, 0.3) is 10.0 Å². The molecule has 45 heavy (non-hydrogen) atoms. The van der Waals surface area contributed by atoms with E-state index in [-0.39, 0.29) is 39.6 Å². The van der Waals surface area contributed by atoms with E-state index in [1.807, 2.05) is 4.72 Å². The number of nitrogens with one attached hydrogen (secondary N) is 2. The van der Waals surface area contributed by atoms with Crippen LogP contribution in [0.15, 0.2) is 84.0 Å². The van der Waals surface area contributed by atoms with Crippen LogP contribution in [0.1, 0.15) is 21.6 Å². The van der Waals surface area contributed by atoms with Gasteiger partial charge in [0.2, 0.25) is 11.7 Å². The van der Waals surface area contributed by atoms with Crippen LogP contribution < -0.4 is 15.2 Å². The van der Waals surface area contributed by atoms with Crippen molar-refractivity contribution in [2.75, 3.05) is 10.5 Å². The number of rotatable bonds is 8. The molecule has 3 heterocycles. The topological polar surface area (TPSA) is 145 Å². The molecule has 10 nitrogen and oxygen atoms in total. The lowest BCUT2D eigenvalue weighted by Gasteiger charge is -2.11. The van der Waals surface area contributed by atoms with Gasteiger partial charge in [0, 0.05) is 23.0 Å². The van der Waals surface area contributed by atoms with Gasteiger partial charge in [0.05, 0.1) is 39.9 Å². The lowest BCUT2D eigenvalue weighted by molar-refractivity contribution is 0.103. The molecule has 0 spiro atoms. The number of nitrogen functional groups attached to an aromatic ring is 1. The summed E-state index contributed by atoms with van der Waals surface area (Å²) < 4.78 is 90.1. The molecule has 3 aromatic carbocycles. The summed E-state index contributed by atoms with van der Waals surface area (Å²) in [4.78, 5) is 19.6. The molecule has 0 fully saturated rings. The van der Waals surface area contributed by atoms with Crippen LogP contribution in [-0.4, -0.2) is 33.9 Å². The lowest BCUT2D eigenvalue weighted by Crippen LogP contribution is -2.14. The van der Waals surface area contributed by atoms with Gasteiger partial charge in [-0.3, -0.25) is 9.52 Å². The normalized spacial score (nSPS) is 11.6. The molecule has 0 aliphatic carbocycles. The average molecular weight is 637 g/mol. The fourth-order valence-corrected chi connectivity index (χ4v) is 5.65. The van der Waals surface area contributed by atoms with Crippen molar-refractivity contribution in [3.05, 3.63) is 119 Å². The largest absolute Gasteiger partial charge is 0.436 e. The van der Waals surface area contributed by atoms with Gasteiger partial charge in [0.15, 0.2) is 11.6 Å². The number of ketones is 1. The summed E-state index contributed by atoms with van der Waals surface area (Å²) in [5.74, 6) is -4.33. The minimum Gasteiger partial charge on any atom is -0.436 e. The van der Waals surface area contributed by atoms with E-state index < -0.39 is 49.7 Å². The van der Waals surface area contributed by atoms with Crippen LogP contribution in [0.5, 0.6) is 11.6 Å². The number of benzene rings is 3. The summed E-state index contributed by atoms with van der Waals surface area (Å²) >= 11 is 0. The molecule has 0 saturated carbocycles. The molecule has 0 radical (unpaired) electrons. The SMILES string of the molecule is Cc1cc(Oc2ccccc2F)ncc1-n1ncc(C(=O)c2cc3cc(F)c(NS(=O)(=O)c4cc(F)cc(F)c4)cc3[nH]2)c1N. The van der Waals surface area contributed by atoms with Gasteiger partial charge in [-0.25, -0.2) is 35.6 Å². The molecule has 0 aliphatic rings. The number of pyridine rings is 1. The van der Waals surface area contributed by atoms with E-state index in [0.29, 0.717) is 29.4 Å². The number of nitrogens with zero attached hydrogens (tertiary/aromatic N) is 3. The number of aromatic amines is 1. The van der Waals surface area contributed by atoms with Crippen LogP contribution >= 0.6 is 0 Å². The van der Waals surface area contributed by atoms with E-state index in [9.17, 15) is 30.8 Å².